The number of carbonyl (C=O) groups is 1. The van der Waals surface area contributed by atoms with Crippen LogP contribution in [0.5, 0.6) is 0 Å². The van der Waals surface area contributed by atoms with E-state index in [1.165, 1.54) is 4.57 Å². The maximum absolute atomic E-state index is 11.8. The summed E-state index contributed by atoms with van der Waals surface area (Å²) >= 11 is 12.6. The zero-order valence-electron chi connectivity index (χ0n) is 9.81. The van der Waals surface area contributed by atoms with Gasteiger partial charge in [0.2, 0.25) is 0 Å². The molecule has 4 nitrogen and oxygen atoms in total. The molecule has 2 rings (SSSR count). The first-order chi connectivity index (χ1) is 8.90. The van der Waals surface area contributed by atoms with E-state index >= 15 is 0 Å². The zero-order chi connectivity index (χ0) is 14.2. The van der Waals surface area contributed by atoms with Crippen LogP contribution in [0.1, 0.15) is 20.9 Å². The van der Waals surface area contributed by atoms with E-state index in [1.807, 2.05) is 0 Å². The highest BCUT2D eigenvalue weighted by molar-refractivity contribution is 7.11. The molecule has 19 heavy (non-hydrogen) atoms. The van der Waals surface area contributed by atoms with Crippen LogP contribution in [-0.2, 0) is 6.54 Å². The smallest absolute Gasteiger partial charge is 0.347 e. The monoisotopic (exact) mass is 317 g/mol. The Balaban J connectivity index is 2.44. The molecule has 1 aromatic carbocycles. The van der Waals surface area contributed by atoms with Crippen molar-refractivity contribution in [2.45, 2.75) is 13.5 Å². The number of halogens is 2. The summed E-state index contributed by atoms with van der Waals surface area (Å²) in [6.45, 7) is 1.83. The second kappa shape index (κ2) is 5.36. The fraction of sp³-hybridized carbons (Fsp3) is 0.167. The molecular weight excluding hydrogens is 309 g/mol. The van der Waals surface area contributed by atoms with E-state index in [4.69, 9.17) is 28.3 Å². The minimum absolute atomic E-state index is 0.0510. The summed E-state index contributed by atoms with van der Waals surface area (Å²) in [7, 11) is 0. The maximum Gasteiger partial charge on any atom is 0.347 e. The van der Waals surface area contributed by atoms with Gasteiger partial charge in [-0.05, 0) is 24.6 Å². The predicted molar refractivity (Wildman–Crippen MR) is 75.8 cm³/mol. The van der Waals surface area contributed by atoms with Crippen LogP contribution < -0.4 is 4.87 Å². The minimum atomic E-state index is -1.10. The van der Waals surface area contributed by atoms with E-state index in [0.29, 0.717) is 32.6 Å². The highest BCUT2D eigenvalue weighted by atomic mass is 35.5. The Hall–Kier alpha value is -1.30. The molecule has 1 heterocycles. The molecule has 0 amide bonds. The number of carboxylic acids is 1. The Kier molecular flexibility index (Phi) is 3.99. The molecule has 0 aliphatic heterocycles. The number of rotatable bonds is 3. The van der Waals surface area contributed by atoms with Gasteiger partial charge in [0.1, 0.15) is 4.88 Å². The Morgan fingerprint density at radius 3 is 2.63 bits per heavy atom. The molecule has 1 N–H and O–H groups in total. The van der Waals surface area contributed by atoms with Gasteiger partial charge in [0.15, 0.2) is 0 Å². The normalized spacial score (nSPS) is 10.7. The number of thiazole rings is 1. The number of hydrogen-bond acceptors (Lipinski definition) is 3. The van der Waals surface area contributed by atoms with E-state index in [-0.39, 0.29) is 16.3 Å². The third kappa shape index (κ3) is 2.83. The van der Waals surface area contributed by atoms with E-state index in [1.54, 1.807) is 25.1 Å². The van der Waals surface area contributed by atoms with Gasteiger partial charge in [-0.2, -0.15) is 0 Å². The Labute approximate surface area is 122 Å². The van der Waals surface area contributed by atoms with Crippen molar-refractivity contribution < 1.29 is 9.90 Å². The summed E-state index contributed by atoms with van der Waals surface area (Å²) < 4.78 is 1.39. The molecule has 0 bridgehead atoms. The summed E-state index contributed by atoms with van der Waals surface area (Å²) in [6.07, 6.45) is 0. The van der Waals surface area contributed by atoms with Crippen molar-refractivity contribution in [2.75, 3.05) is 0 Å². The molecule has 100 valence electrons. The van der Waals surface area contributed by atoms with E-state index < -0.39 is 5.97 Å². The van der Waals surface area contributed by atoms with Crippen LogP contribution in [0.3, 0.4) is 0 Å². The lowest BCUT2D eigenvalue weighted by molar-refractivity contribution is 0.0701. The Morgan fingerprint density at radius 2 is 2.11 bits per heavy atom. The van der Waals surface area contributed by atoms with Gasteiger partial charge in [-0.1, -0.05) is 40.6 Å². The fourth-order valence-corrected chi connectivity index (χ4v) is 2.98. The summed E-state index contributed by atoms with van der Waals surface area (Å²) in [5, 5.41) is 9.93. The van der Waals surface area contributed by atoms with E-state index in [9.17, 15) is 9.59 Å². The zero-order valence-corrected chi connectivity index (χ0v) is 12.1. The first-order valence-corrected chi connectivity index (χ1v) is 6.85. The minimum Gasteiger partial charge on any atom is -0.477 e. The van der Waals surface area contributed by atoms with Crippen LogP contribution in [0.25, 0.3) is 0 Å². The topological polar surface area (TPSA) is 59.3 Å². The summed E-state index contributed by atoms with van der Waals surface area (Å²) in [5.74, 6) is -1.10. The molecule has 0 saturated heterocycles. The second-order valence-corrected chi connectivity index (χ2v) is 5.71. The number of carboxylic acid groups (broad SMARTS) is 1. The van der Waals surface area contributed by atoms with E-state index in [2.05, 4.69) is 0 Å². The van der Waals surface area contributed by atoms with Crippen LogP contribution in [0.2, 0.25) is 10.0 Å². The lowest BCUT2D eigenvalue weighted by atomic mass is 10.2. The number of aromatic nitrogens is 1. The lowest BCUT2D eigenvalue weighted by Crippen LogP contribution is -2.15. The Bertz CT molecular complexity index is 705. The van der Waals surface area contributed by atoms with Gasteiger partial charge in [0.25, 0.3) is 0 Å². The van der Waals surface area contributed by atoms with Gasteiger partial charge in [-0.3, -0.25) is 9.36 Å². The number of hydrogen-bond donors (Lipinski definition) is 1. The first-order valence-electron chi connectivity index (χ1n) is 5.27. The first kappa shape index (κ1) is 14.1. The predicted octanol–water partition coefficient (Wildman–Crippen LogP) is 3.27. The molecule has 7 heteroatoms. The number of aromatic carboxylic acids is 1. The average molecular weight is 318 g/mol. The van der Waals surface area contributed by atoms with Crippen molar-refractivity contribution in [3.8, 4) is 0 Å². The molecule has 0 atom stereocenters. The molecule has 0 aliphatic rings. The fourth-order valence-electron chi connectivity index (χ4n) is 1.68. The summed E-state index contributed by atoms with van der Waals surface area (Å²) in [6, 6.07) is 4.98. The maximum atomic E-state index is 11.8. The van der Waals surface area contributed by atoms with Gasteiger partial charge >= 0.3 is 10.8 Å². The lowest BCUT2D eigenvalue weighted by Gasteiger charge is -2.07. The SMILES string of the molecule is Cc1c(C(=O)O)sc(=O)n1Cc1ccc(Cl)cc1Cl. The van der Waals surface area contributed by atoms with Crippen molar-refractivity contribution in [1.29, 1.82) is 0 Å². The van der Waals surface area contributed by atoms with Gasteiger partial charge < -0.3 is 5.11 Å². The van der Waals surface area contributed by atoms with Crippen LogP contribution in [-0.4, -0.2) is 15.6 Å². The highest BCUT2D eigenvalue weighted by Gasteiger charge is 2.17. The second-order valence-electron chi connectivity index (χ2n) is 3.91. The average Bonchev–Trinajstić information content (AvgIpc) is 2.60. The van der Waals surface area contributed by atoms with Gasteiger partial charge in [0.05, 0.1) is 6.54 Å². The third-order valence-corrected chi connectivity index (χ3v) is 4.34. The van der Waals surface area contributed by atoms with Crippen molar-refractivity contribution in [1.82, 2.24) is 4.57 Å². The molecule has 0 unspecified atom stereocenters. The van der Waals surface area contributed by atoms with Crippen molar-refractivity contribution in [3.63, 3.8) is 0 Å². The van der Waals surface area contributed by atoms with Gasteiger partial charge in [0, 0.05) is 15.7 Å². The van der Waals surface area contributed by atoms with Gasteiger partial charge in [-0.25, -0.2) is 4.79 Å². The van der Waals surface area contributed by atoms with Crippen molar-refractivity contribution >= 4 is 40.5 Å². The molecule has 0 radical (unpaired) electrons. The molecule has 0 aliphatic carbocycles. The van der Waals surface area contributed by atoms with E-state index in [0.717, 1.165) is 0 Å². The summed E-state index contributed by atoms with van der Waals surface area (Å²) in [5.41, 5.74) is 1.14. The van der Waals surface area contributed by atoms with Crippen molar-refractivity contribution in [3.05, 3.63) is 54.0 Å². The van der Waals surface area contributed by atoms with Crippen molar-refractivity contribution in [2.24, 2.45) is 0 Å². The summed E-state index contributed by atoms with van der Waals surface area (Å²) in [4.78, 5) is 22.5. The Morgan fingerprint density at radius 1 is 1.42 bits per heavy atom. The number of nitrogens with zero attached hydrogens (tertiary/aromatic N) is 1. The van der Waals surface area contributed by atoms with Gasteiger partial charge in [-0.15, -0.1) is 0 Å². The van der Waals surface area contributed by atoms with Crippen LogP contribution >= 0.6 is 34.5 Å². The van der Waals surface area contributed by atoms with Crippen LogP contribution in [0.15, 0.2) is 23.0 Å². The number of benzene rings is 1. The van der Waals surface area contributed by atoms with Crippen LogP contribution in [0.4, 0.5) is 0 Å². The molecule has 0 saturated carbocycles. The largest absolute Gasteiger partial charge is 0.477 e. The standard InChI is InChI=1S/C12H9Cl2NO3S/c1-6-10(11(16)17)19-12(18)15(6)5-7-2-3-8(13)4-9(7)14/h2-4H,5H2,1H3,(H,16,17). The molecule has 0 spiro atoms. The molecular formula is C12H9Cl2NO3S. The highest BCUT2D eigenvalue weighted by Crippen LogP contribution is 2.22. The molecule has 1 aromatic heterocycles. The quantitative estimate of drug-likeness (QED) is 0.945. The van der Waals surface area contributed by atoms with Crippen LogP contribution in [0, 0.1) is 6.92 Å². The third-order valence-electron chi connectivity index (χ3n) is 2.68. The molecule has 0 fully saturated rings. The molecule has 2 aromatic rings.